The van der Waals surface area contributed by atoms with E-state index in [0.29, 0.717) is 17.3 Å². The van der Waals surface area contributed by atoms with E-state index in [1.54, 1.807) is 12.1 Å². The molecule has 0 radical (unpaired) electrons. The molecular weight excluding hydrogens is 178 g/mol. The van der Waals surface area contributed by atoms with Gasteiger partial charge in [-0.25, -0.2) is 0 Å². The summed E-state index contributed by atoms with van der Waals surface area (Å²) in [6, 6.07) is 3.51. The maximum absolute atomic E-state index is 5.82. The van der Waals surface area contributed by atoms with E-state index >= 15 is 0 Å². The van der Waals surface area contributed by atoms with Crippen molar-refractivity contribution in [1.82, 2.24) is 0 Å². The summed E-state index contributed by atoms with van der Waals surface area (Å²) in [5.41, 5.74) is 6.38. The summed E-state index contributed by atoms with van der Waals surface area (Å²) in [4.78, 5) is 0. The van der Waals surface area contributed by atoms with Gasteiger partial charge in [-0.3, -0.25) is 0 Å². The Labute approximate surface area is 75.0 Å². The van der Waals surface area contributed by atoms with Crippen molar-refractivity contribution in [1.29, 1.82) is 0 Å². The Hall–Kier alpha value is -0.930. The zero-order chi connectivity index (χ0) is 8.55. The molecule has 1 heterocycles. The van der Waals surface area contributed by atoms with Gasteiger partial charge in [0.1, 0.15) is 0 Å². The lowest BCUT2D eigenvalue weighted by molar-refractivity contribution is 0.173. The topological polar surface area (TPSA) is 44.5 Å². The van der Waals surface area contributed by atoms with Gasteiger partial charge in [-0.2, -0.15) is 0 Å². The summed E-state index contributed by atoms with van der Waals surface area (Å²) in [5, 5.41) is 0.625. The van der Waals surface area contributed by atoms with Crippen LogP contribution in [-0.2, 0) is 6.54 Å². The molecule has 12 heavy (non-hydrogen) atoms. The highest BCUT2D eigenvalue weighted by atomic mass is 35.5. The van der Waals surface area contributed by atoms with E-state index in [-0.39, 0.29) is 6.79 Å². The lowest BCUT2D eigenvalue weighted by Gasteiger charge is -2.02. The van der Waals surface area contributed by atoms with Crippen LogP contribution in [-0.4, -0.2) is 6.79 Å². The number of rotatable bonds is 1. The van der Waals surface area contributed by atoms with Gasteiger partial charge < -0.3 is 15.2 Å². The molecule has 0 aliphatic carbocycles. The molecule has 0 atom stereocenters. The van der Waals surface area contributed by atoms with Crippen molar-refractivity contribution in [3.05, 3.63) is 22.7 Å². The van der Waals surface area contributed by atoms with E-state index in [4.69, 9.17) is 26.8 Å². The van der Waals surface area contributed by atoms with Crippen LogP contribution in [0.3, 0.4) is 0 Å². The number of halogens is 1. The van der Waals surface area contributed by atoms with E-state index in [1.165, 1.54) is 0 Å². The van der Waals surface area contributed by atoms with Crippen LogP contribution in [0.15, 0.2) is 12.1 Å². The third-order valence-electron chi connectivity index (χ3n) is 1.73. The predicted octanol–water partition coefficient (Wildman–Crippen LogP) is 1.53. The lowest BCUT2D eigenvalue weighted by atomic mass is 10.2. The van der Waals surface area contributed by atoms with Gasteiger partial charge in [-0.15, -0.1) is 0 Å². The first-order valence-corrected chi connectivity index (χ1v) is 3.97. The van der Waals surface area contributed by atoms with E-state index in [2.05, 4.69) is 0 Å². The van der Waals surface area contributed by atoms with Crippen molar-refractivity contribution in [3.8, 4) is 11.5 Å². The van der Waals surface area contributed by atoms with Gasteiger partial charge in [0.2, 0.25) is 6.79 Å². The minimum absolute atomic E-state index is 0.253. The van der Waals surface area contributed by atoms with Gasteiger partial charge >= 0.3 is 0 Å². The van der Waals surface area contributed by atoms with Crippen molar-refractivity contribution >= 4 is 11.6 Å². The summed E-state index contributed by atoms with van der Waals surface area (Å²) in [6.07, 6.45) is 0. The highest BCUT2D eigenvalue weighted by Crippen LogP contribution is 2.37. The zero-order valence-electron chi connectivity index (χ0n) is 6.34. The molecule has 1 aliphatic heterocycles. The highest BCUT2D eigenvalue weighted by Gasteiger charge is 2.17. The third kappa shape index (κ3) is 1.11. The van der Waals surface area contributed by atoms with Gasteiger partial charge in [0.15, 0.2) is 11.5 Å². The molecule has 2 N–H and O–H groups in total. The fourth-order valence-corrected chi connectivity index (χ4v) is 1.43. The molecule has 1 aliphatic rings. The number of hydrogen-bond donors (Lipinski definition) is 1. The summed E-state index contributed by atoms with van der Waals surface area (Å²) >= 11 is 5.82. The Bertz CT molecular complexity index is 314. The smallest absolute Gasteiger partial charge is 0.231 e. The van der Waals surface area contributed by atoms with Crippen molar-refractivity contribution in [2.45, 2.75) is 6.54 Å². The Morgan fingerprint density at radius 2 is 2.25 bits per heavy atom. The molecule has 4 heteroatoms. The van der Waals surface area contributed by atoms with Crippen molar-refractivity contribution < 1.29 is 9.47 Å². The highest BCUT2D eigenvalue weighted by molar-refractivity contribution is 6.30. The molecule has 0 saturated carbocycles. The summed E-state index contributed by atoms with van der Waals surface area (Å²) in [6.45, 7) is 0.662. The molecule has 0 fully saturated rings. The summed E-state index contributed by atoms with van der Waals surface area (Å²) < 4.78 is 10.4. The molecule has 0 unspecified atom stereocenters. The third-order valence-corrected chi connectivity index (χ3v) is 1.95. The average molecular weight is 186 g/mol. The van der Waals surface area contributed by atoms with Crippen LogP contribution in [0, 0.1) is 0 Å². The second-order valence-corrected chi connectivity index (χ2v) is 2.94. The molecule has 0 aromatic heterocycles. The second-order valence-electron chi connectivity index (χ2n) is 2.50. The Balaban J connectivity index is 2.55. The number of fused-ring (bicyclic) bond motifs is 1. The molecular formula is C8H8ClNO2. The van der Waals surface area contributed by atoms with Crippen LogP contribution in [0.2, 0.25) is 5.02 Å². The summed E-state index contributed by atoms with van der Waals surface area (Å²) in [7, 11) is 0. The molecule has 2 rings (SSSR count). The molecule has 0 bridgehead atoms. The molecule has 64 valence electrons. The Morgan fingerprint density at radius 3 is 3.00 bits per heavy atom. The van der Waals surface area contributed by atoms with Crippen LogP contribution in [0.5, 0.6) is 11.5 Å². The quantitative estimate of drug-likeness (QED) is 0.722. The molecule has 1 aromatic carbocycles. The maximum atomic E-state index is 5.82. The van der Waals surface area contributed by atoms with Crippen molar-refractivity contribution in [2.24, 2.45) is 5.73 Å². The first kappa shape index (κ1) is 7.71. The largest absolute Gasteiger partial charge is 0.454 e. The van der Waals surface area contributed by atoms with E-state index < -0.39 is 0 Å². The van der Waals surface area contributed by atoms with E-state index in [9.17, 15) is 0 Å². The van der Waals surface area contributed by atoms with Crippen LogP contribution < -0.4 is 15.2 Å². The molecule has 0 spiro atoms. The molecule has 0 saturated heterocycles. The van der Waals surface area contributed by atoms with E-state index in [1.807, 2.05) is 0 Å². The Kier molecular flexibility index (Phi) is 1.83. The average Bonchev–Trinajstić information content (AvgIpc) is 2.50. The SMILES string of the molecule is NCc1cc(Cl)cc2c1OCO2. The Morgan fingerprint density at radius 1 is 1.42 bits per heavy atom. The van der Waals surface area contributed by atoms with Gasteiger partial charge in [0.25, 0.3) is 0 Å². The number of ether oxygens (including phenoxy) is 2. The standard InChI is InChI=1S/C8H8ClNO2/c9-6-1-5(3-10)8-7(2-6)11-4-12-8/h1-2H,3-4,10H2. The van der Waals surface area contributed by atoms with Crippen molar-refractivity contribution in [3.63, 3.8) is 0 Å². The monoisotopic (exact) mass is 185 g/mol. The van der Waals surface area contributed by atoms with E-state index in [0.717, 1.165) is 11.3 Å². The maximum Gasteiger partial charge on any atom is 0.231 e. The number of hydrogen-bond acceptors (Lipinski definition) is 3. The van der Waals surface area contributed by atoms with Crippen molar-refractivity contribution in [2.75, 3.05) is 6.79 Å². The normalized spacial score (nSPS) is 13.5. The van der Waals surface area contributed by atoms with Gasteiger partial charge in [0, 0.05) is 23.2 Å². The lowest BCUT2D eigenvalue weighted by Crippen LogP contribution is -1.99. The van der Waals surface area contributed by atoms with Gasteiger partial charge in [-0.1, -0.05) is 11.6 Å². The fourth-order valence-electron chi connectivity index (χ4n) is 1.20. The number of benzene rings is 1. The second kappa shape index (κ2) is 2.84. The van der Waals surface area contributed by atoms with Crippen LogP contribution in [0.25, 0.3) is 0 Å². The van der Waals surface area contributed by atoms with Gasteiger partial charge in [-0.05, 0) is 6.07 Å². The first-order chi connectivity index (χ1) is 5.81. The fraction of sp³-hybridized carbons (Fsp3) is 0.250. The number of nitrogens with two attached hydrogens (primary N) is 1. The zero-order valence-corrected chi connectivity index (χ0v) is 7.10. The van der Waals surface area contributed by atoms with Crippen LogP contribution in [0.1, 0.15) is 5.56 Å². The molecule has 1 aromatic rings. The molecule has 3 nitrogen and oxygen atoms in total. The van der Waals surface area contributed by atoms with Crippen LogP contribution >= 0.6 is 11.6 Å². The minimum Gasteiger partial charge on any atom is -0.454 e. The predicted molar refractivity (Wildman–Crippen MR) is 45.5 cm³/mol. The van der Waals surface area contributed by atoms with Crippen LogP contribution in [0.4, 0.5) is 0 Å². The minimum atomic E-state index is 0.253. The molecule has 0 amide bonds. The summed E-state index contributed by atoms with van der Waals surface area (Å²) in [5.74, 6) is 1.41. The van der Waals surface area contributed by atoms with Gasteiger partial charge in [0.05, 0.1) is 0 Å². The first-order valence-electron chi connectivity index (χ1n) is 3.59.